The molecule has 0 heterocycles. The summed E-state index contributed by atoms with van der Waals surface area (Å²) in [6.45, 7) is 6.68. The molecule has 0 rings (SSSR count). The Bertz CT molecular complexity index is 1860. The molecule has 0 aliphatic heterocycles. The summed E-state index contributed by atoms with van der Waals surface area (Å²) < 4.78 is 30.6. The fourth-order valence-electron chi connectivity index (χ4n) is 8.17. The topological polar surface area (TPSA) is 111 Å². The minimum absolute atomic E-state index is 0.0214. The lowest BCUT2D eigenvalue weighted by molar-refractivity contribution is -0.870. The van der Waals surface area contributed by atoms with Crippen LogP contribution in [0.4, 0.5) is 0 Å². The smallest absolute Gasteiger partial charge is 0.456 e. The zero-order valence-electron chi connectivity index (χ0n) is 51.1. The lowest BCUT2D eigenvalue weighted by atomic mass is 10.1. The third-order valence-electron chi connectivity index (χ3n) is 12.9. The predicted octanol–water partition coefficient (Wildman–Crippen LogP) is 19.4. The van der Waals surface area contributed by atoms with Crippen LogP contribution in [0.1, 0.15) is 226 Å². The number of amides is 1. The molecule has 0 aromatic heterocycles. The van der Waals surface area contributed by atoms with E-state index in [0.717, 1.165) is 109 Å². The first kappa shape index (κ1) is 74.9. The van der Waals surface area contributed by atoms with Crippen molar-refractivity contribution in [3.8, 4) is 0 Å². The van der Waals surface area contributed by atoms with E-state index >= 15 is 0 Å². The minimum Gasteiger partial charge on any atom is -0.456 e. The normalized spacial score (nSPS) is 14.7. The molecule has 0 aliphatic rings. The maximum absolute atomic E-state index is 13.5. The predicted molar refractivity (Wildman–Crippen MR) is 341 cm³/mol. The van der Waals surface area contributed by atoms with Crippen LogP contribution in [0.2, 0.25) is 0 Å². The monoisotopic (exact) mass is 1120 g/mol. The zero-order valence-corrected chi connectivity index (χ0v) is 51.9. The van der Waals surface area contributed by atoms with Crippen molar-refractivity contribution in [2.45, 2.75) is 238 Å². The number of likely N-dealkylation sites (N-methyl/N-ethyl adjacent to an activating group) is 1. The lowest BCUT2D eigenvalue weighted by Crippen LogP contribution is -2.47. The second-order valence-electron chi connectivity index (χ2n) is 21.6. The molecule has 1 amide bonds. The Kier molecular flexibility index (Phi) is 54.2. The zero-order chi connectivity index (χ0) is 57.9. The van der Waals surface area contributed by atoms with Crippen molar-refractivity contribution in [2.75, 3.05) is 40.9 Å². The fourth-order valence-corrected chi connectivity index (χ4v) is 8.91. The Morgan fingerprint density at radius 1 is 0.468 bits per heavy atom. The van der Waals surface area contributed by atoms with Crippen LogP contribution < -0.4 is 5.32 Å². The number of phosphoric ester groups is 1. The molecule has 0 aromatic rings. The summed E-state index contributed by atoms with van der Waals surface area (Å²) in [6, 6.07) is -0.885. The number of allylic oxidation sites excluding steroid dienone is 23. The first-order valence-electron chi connectivity index (χ1n) is 31.2. The van der Waals surface area contributed by atoms with Crippen LogP contribution in [-0.2, 0) is 27.9 Å². The number of unbranched alkanes of at least 4 members (excludes halogenated alkanes) is 21. The first-order chi connectivity index (χ1) is 38.4. The summed E-state index contributed by atoms with van der Waals surface area (Å²) >= 11 is 0. The fraction of sp³-hybridized carbons (Fsp3) is 0.623. The number of carbonyl (C=O) groups excluding carboxylic acids is 2. The van der Waals surface area contributed by atoms with E-state index in [-0.39, 0.29) is 37.9 Å². The molecule has 0 spiro atoms. The second kappa shape index (κ2) is 57.1. The van der Waals surface area contributed by atoms with Gasteiger partial charge in [-0.2, -0.15) is 0 Å². The molecule has 0 aliphatic carbocycles. The lowest BCUT2D eigenvalue weighted by Gasteiger charge is -2.27. The molecule has 0 saturated carbocycles. The summed E-state index contributed by atoms with van der Waals surface area (Å²) in [4.78, 5) is 37.7. The quantitative estimate of drug-likeness (QED) is 0.0156. The number of hydrogen-bond donors (Lipinski definition) is 2. The molecule has 3 unspecified atom stereocenters. The summed E-state index contributed by atoms with van der Waals surface area (Å²) in [5, 5.41) is 3.02. The Balaban J connectivity index is 5.25. The van der Waals surface area contributed by atoms with Crippen molar-refractivity contribution < 1.29 is 37.3 Å². The van der Waals surface area contributed by atoms with Crippen LogP contribution in [0.25, 0.3) is 0 Å². The van der Waals surface area contributed by atoms with Gasteiger partial charge in [0.25, 0.3) is 0 Å². The number of esters is 1. The van der Waals surface area contributed by atoms with Crippen LogP contribution in [0.15, 0.2) is 146 Å². The second-order valence-corrected chi connectivity index (χ2v) is 23.1. The van der Waals surface area contributed by atoms with Gasteiger partial charge < -0.3 is 19.4 Å². The van der Waals surface area contributed by atoms with Crippen LogP contribution in [0.5, 0.6) is 0 Å². The average Bonchev–Trinajstić information content (AvgIpc) is 3.41. The van der Waals surface area contributed by atoms with Gasteiger partial charge in [0.2, 0.25) is 5.91 Å². The van der Waals surface area contributed by atoms with E-state index in [4.69, 9.17) is 13.8 Å². The maximum atomic E-state index is 13.5. The van der Waals surface area contributed by atoms with Gasteiger partial charge in [-0.3, -0.25) is 18.6 Å². The standard InChI is InChI=1S/C69H115N2O7P/c1-7-10-13-16-19-22-25-27-29-31-32-33-34-35-36-37-38-40-42-44-47-50-53-56-59-62-69(73)78-67(60-57-54-51-48-45-24-21-18-15-12-9-3)66(65-77-79(74,75)76-64-63-71(4,5)6)70-68(72)61-58-55-52-49-46-43-41-39-30-28-26-23-20-17-14-11-8-2/h10-11,13-14,17,19-20,22-23,26-30,32-33,35-36,39,41,43,46,57,60,66-67H,7-9,12,15-16,18,21,24-25,31,34,37-38,40,42,44-45,47-56,58-59,61-65H2,1-6H3,(H-,70,72,74,75)/p+1/b13-10-,14-11-,20-17+,22-19-,26-23+,29-27-,30-28-,33-32-,36-35-,41-39+,46-43+,60-57-. The van der Waals surface area contributed by atoms with E-state index in [0.29, 0.717) is 17.4 Å². The molecule has 0 radical (unpaired) electrons. The van der Waals surface area contributed by atoms with E-state index in [1.807, 2.05) is 94.1 Å². The number of phosphoric acid groups is 1. The third kappa shape index (κ3) is 58.4. The van der Waals surface area contributed by atoms with Crippen LogP contribution in [-0.4, -0.2) is 74.3 Å². The van der Waals surface area contributed by atoms with Crippen molar-refractivity contribution in [1.29, 1.82) is 0 Å². The van der Waals surface area contributed by atoms with Gasteiger partial charge in [-0.1, -0.05) is 263 Å². The van der Waals surface area contributed by atoms with Crippen LogP contribution in [0.3, 0.4) is 0 Å². The average molecular weight is 1120 g/mol. The van der Waals surface area contributed by atoms with Crippen LogP contribution >= 0.6 is 7.82 Å². The number of quaternary nitrogens is 1. The molecule has 2 N–H and O–H groups in total. The molecule has 3 atom stereocenters. The SMILES string of the molecule is CC\C=C/C=C/C=C/C=C\C=C\C=C\CCCCCC(=O)NC(COP(=O)(O)OCC[N+](C)(C)C)C(/C=C\CCCCCCCCCCC)OC(=O)CCCCCCCCCCC/C=C\C/C=C\C/C=C\C/C=C\C/C=C\CC. The molecule has 0 bridgehead atoms. The Morgan fingerprint density at radius 2 is 0.873 bits per heavy atom. The van der Waals surface area contributed by atoms with Gasteiger partial charge in [0.05, 0.1) is 33.8 Å². The Labute approximate surface area is 485 Å². The first-order valence-corrected chi connectivity index (χ1v) is 32.7. The van der Waals surface area contributed by atoms with Gasteiger partial charge in [-0.05, 0) is 96.0 Å². The summed E-state index contributed by atoms with van der Waals surface area (Å²) in [6.07, 6.45) is 82.8. The van der Waals surface area contributed by atoms with Crippen molar-refractivity contribution in [3.63, 3.8) is 0 Å². The molecule has 0 saturated heterocycles. The number of ether oxygens (including phenoxy) is 1. The van der Waals surface area contributed by atoms with E-state index < -0.39 is 20.0 Å². The van der Waals surface area contributed by atoms with Crippen LogP contribution in [0, 0.1) is 0 Å². The molecule has 10 heteroatoms. The molecule has 0 fully saturated rings. The molecule has 79 heavy (non-hydrogen) atoms. The summed E-state index contributed by atoms with van der Waals surface area (Å²) in [7, 11) is 1.44. The number of nitrogens with one attached hydrogen (secondary N) is 1. The maximum Gasteiger partial charge on any atom is 0.472 e. The minimum atomic E-state index is -4.47. The molecule has 448 valence electrons. The number of nitrogens with zero attached hydrogens (tertiary/aromatic N) is 1. The summed E-state index contributed by atoms with van der Waals surface area (Å²) in [5.41, 5.74) is 0. The number of carbonyl (C=O) groups is 2. The van der Waals surface area contributed by atoms with Gasteiger partial charge in [-0.25, -0.2) is 4.57 Å². The van der Waals surface area contributed by atoms with E-state index in [2.05, 4.69) is 99.0 Å². The number of hydrogen-bond acceptors (Lipinski definition) is 6. The van der Waals surface area contributed by atoms with Crippen molar-refractivity contribution in [2.24, 2.45) is 0 Å². The largest absolute Gasteiger partial charge is 0.472 e. The highest BCUT2D eigenvalue weighted by Crippen LogP contribution is 2.43. The van der Waals surface area contributed by atoms with Crippen molar-refractivity contribution in [3.05, 3.63) is 146 Å². The van der Waals surface area contributed by atoms with Gasteiger partial charge in [-0.15, -0.1) is 0 Å². The Morgan fingerprint density at radius 3 is 1.38 bits per heavy atom. The Hall–Kier alpha value is -4.11. The van der Waals surface area contributed by atoms with Gasteiger partial charge in [0, 0.05) is 12.8 Å². The van der Waals surface area contributed by atoms with E-state index in [1.165, 1.54) is 77.0 Å². The van der Waals surface area contributed by atoms with Gasteiger partial charge in [0.1, 0.15) is 19.3 Å². The highest BCUT2D eigenvalue weighted by Gasteiger charge is 2.30. The highest BCUT2D eigenvalue weighted by atomic mass is 31.2. The molecule has 9 nitrogen and oxygen atoms in total. The van der Waals surface area contributed by atoms with Gasteiger partial charge in [0.15, 0.2) is 0 Å². The van der Waals surface area contributed by atoms with E-state index in [1.54, 1.807) is 0 Å². The van der Waals surface area contributed by atoms with E-state index in [9.17, 15) is 19.0 Å². The molecular weight excluding hydrogens is 1000 g/mol. The molecular formula is C69H116N2O7P+. The third-order valence-corrected chi connectivity index (χ3v) is 13.9. The molecule has 0 aromatic carbocycles. The number of rotatable bonds is 54. The van der Waals surface area contributed by atoms with Crippen molar-refractivity contribution >= 4 is 19.7 Å². The highest BCUT2D eigenvalue weighted by molar-refractivity contribution is 7.47. The van der Waals surface area contributed by atoms with Crippen molar-refractivity contribution in [1.82, 2.24) is 5.32 Å². The van der Waals surface area contributed by atoms with Gasteiger partial charge >= 0.3 is 13.8 Å². The summed E-state index contributed by atoms with van der Waals surface area (Å²) in [5.74, 6) is -0.576.